The monoisotopic (exact) mass is 446 g/mol. The number of aromatic nitrogens is 1. The average molecular weight is 447 g/mol. The number of nitrogens with one attached hydrogen (secondary N) is 1. The van der Waals surface area contributed by atoms with Gasteiger partial charge in [-0.05, 0) is 57.5 Å². The van der Waals surface area contributed by atoms with Crippen molar-refractivity contribution in [3.63, 3.8) is 0 Å². The first kappa shape index (κ1) is 22.7. The zero-order chi connectivity index (χ0) is 23.0. The maximum Gasteiger partial charge on any atom is 0.149 e. The van der Waals surface area contributed by atoms with E-state index in [0.717, 1.165) is 61.7 Å². The molecule has 1 saturated heterocycles. The van der Waals surface area contributed by atoms with Crippen LogP contribution in [0.4, 0.5) is 22.9 Å². The van der Waals surface area contributed by atoms with Crippen LogP contribution in [-0.2, 0) is 4.74 Å². The zero-order valence-corrected chi connectivity index (χ0v) is 19.0. The summed E-state index contributed by atoms with van der Waals surface area (Å²) in [5.41, 5.74) is 3.13. The van der Waals surface area contributed by atoms with Gasteiger partial charge in [0, 0.05) is 43.3 Å². The molecule has 1 aromatic carbocycles. The molecule has 2 aromatic rings. The number of hydrogen-bond acceptors (Lipinski definition) is 8. The number of anilines is 2. The summed E-state index contributed by atoms with van der Waals surface area (Å²) in [5.74, 6) is 1.48. The molecule has 2 aliphatic rings. The van der Waals surface area contributed by atoms with Gasteiger partial charge in [-0.3, -0.25) is 9.98 Å². The second-order valence-electron chi connectivity index (χ2n) is 8.23. The van der Waals surface area contributed by atoms with Gasteiger partial charge < -0.3 is 19.7 Å². The van der Waals surface area contributed by atoms with Crippen molar-refractivity contribution in [1.29, 1.82) is 5.26 Å². The van der Waals surface area contributed by atoms with E-state index in [4.69, 9.17) is 14.7 Å². The minimum Gasteiger partial charge on any atom is -0.488 e. The number of ether oxygens (including phenoxy) is 2. The predicted molar refractivity (Wildman–Crippen MR) is 132 cm³/mol. The minimum atomic E-state index is 0.0975. The maximum atomic E-state index is 9.09. The van der Waals surface area contributed by atoms with Crippen LogP contribution in [0.1, 0.15) is 38.2 Å². The molecule has 1 aromatic heterocycles. The Hall–Kier alpha value is -3.44. The molecule has 8 nitrogen and oxygen atoms in total. The molecule has 0 spiro atoms. The molecule has 1 aliphatic carbocycles. The van der Waals surface area contributed by atoms with Gasteiger partial charge in [0.15, 0.2) is 0 Å². The summed E-state index contributed by atoms with van der Waals surface area (Å²) in [6, 6.07) is 10.1. The normalized spacial score (nSPS) is 20.9. The van der Waals surface area contributed by atoms with E-state index in [1.54, 1.807) is 24.5 Å². The molecule has 172 valence electrons. The van der Waals surface area contributed by atoms with Crippen molar-refractivity contribution in [2.24, 2.45) is 9.98 Å². The summed E-state index contributed by atoms with van der Waals surface area (Å²) < 4.78 is 12.0. The average Bonchev–Trinajstić information content (AvgIpc) is 2.86. The van der Waals surface area contributed by atoms with Gasteiger partial charge in [-0.15, -0.1) is 0 Å². The zero-order valence-electron chi connectivity index (χ0n) is 19.0. The smallest absolute Gasteiger partial charge is 0.149 e. The van der Waals surface area contributed by atoms with E-state index < -0.39 is 0 Å². The van der Waals surface area contributed by atoms with Gasteiger partial charge in [0.2, 0.25) is 0 Å². The molecule has 1 saturated carbocycles. The fourth-order valence-electron chi connectivity index (χ4n) is 4.36. The number of nitriles is 1. The van der Waals surface area contributed by atoms with E-state index >= 15 is 0 Å². The Balaban J connectivity index is 1.45. The topological polar surface area (TPSA) is 95.1 Å². The second-order valence-corrected chi connectivity index (χ2v) is 8.23. The van der Waals surface area contributed by atoms with Crippen LogP contribution in [0.5, 0.6) is 5.75 Å². The SMILES string of the molecule is C=Nc1c(/N=C\C)cc(N2CCOCC2)cc1O[C@H]1CC[C@@H](Nc2cc(C#N)ccn2)CC1. The van der Waals surface area contributed by atoms with Gasteiger partial charge in [-0.25, -0.2) is 4.98 Å². The Morgan fingerprint density at radius 3 is 2.73 bits per heavy atom. The highest BCUT2D eigenvalue weighted by molar-refractivity contribution is 5.80. The lowest BCUT2D eigenvalue weighted by molar-refractivity contribution is 0.122. The third-order valence-corrected chi connectivity index (χ3v) is 6.05. The fraction of sp³-hybridized carbons (Fsp3) is 0.440. The third kappa shape index (κ3) is 5.68. The van der Waals surface area contributed by atoms with Gasteiger partial charge in [-0.1, -0.05) is 0 Å². The standard InChI is InChI=1S/C25H30N6O2/c1-3-28-22-15-20(31-10-12-32-13-11-31)16-23(25(22)27-2)33-21-6-4-19(5-7-21)30-24-14-18(17-26)8-9-29-24/h3,8-9,14-16,19,21H,2,4-7,10-13H2,1H3,(H,29,30)/b28-3-/t19-,21+. The van der Waals surface area contributed by atoms with E-state index in [1.165, 1.54) is 0 Å². The van der Waals surface area contributed by atoms with Crippen LogP contribution in [-0.4, -0.2) is 56.4 Å². The van der Waals surface area contributed by atoms with E-state index in [9.17, 15) is 0 Å². The summed E-state index contributed by atoms with van der Waals surface area (Å²) in [6.45, 7) is 8.77. The van der Waals surface area contributed by atoms with Crippen molar-refractivity contribution in [2.75, 3.05) is 36.5 Å². The molecule has 1 aliphatic heterocycles. The van der Waals surface area contributed by atoms with Crippen LogP contribution < -0.4 is 15.0 Å². The highest BCUT2D eigenvalue weighted by Crippen LogP contribution is 2.43. The predicted octanol–water partition coefficient (Wildman–Crippen LogP) is 4.65. The molecule has 33 heavy (non-hydrogen) atoms. The molecule has 0 atom stereocenters. The minimum absolute atomic E-state index is 0.0975. The van der Waals surface area contributed by atoms with E-state index in [1.807, 2.05) is 13.0 Å². The number of pyridine rings is 1. The molecule has 0 radical (unpaired) electrons. The highest BCUT2D eigenvalue weighted by Gasteiger charge is 2.25. The number of morpholine rings is 1. The molecule has 8 heteroatoms. The summed E-state index contributed by atoms with van der Waals surface area (Å²) in [4.78, 5) is 15.4. The lowest BCUT2D eigenvalue weighted by Gasteiger charge is -2.32. The first-order chi connectivity index (χ1) is 16.2. The van der Waals surface area contributed by atoms with Gasteiger partial charge in [0.05, 0.1) is 36.6 Å². The number of nitrogens with zero attached hydrogens (tertiary/aromatic N) is 5. The summed E-state index contributed by atoms with van der Waals surface area (Å²) >= 11 is 0. The lowest BCUT2D eigenvalue weighted by Crippen LogP contribution is -2.36. The fourth-order valence-corrected chi connectivity index (χ4v) is 4.36. The first-order valence-corrected chi connectivity index (χ1v) is 11.5. The maximum absolute atomic E-state index is 9.09. The molecule has 0 bridgehead atoms. The quantitative estimate of drug-likeness (QED) is 0.622. The molecule has 2 heterocycles. The Bertz CT molecular complexity index is 1030. The number of hydrogen-bond donors (Lipinski definition) is 1. The molecule has 0 amide bonds. The van der Waals surface area contributed by atoms with Crippen LogP contribution in [0.2, 0.25) is 0 Å². The highest BCUT2D eigenvalue weighted by atomic mass is 16.5. The van der Waals surface area contributed by atoms with Crippen LogP contribution in [0.3, 0.4) is 0 Å². The van der Waals surface area contributed by atoms with Crippen molar-refractivity contribution in [2.45, 2.75) is 44.8 Å². The molecule has 1 N–H and O–H groups in total. The Labute approximate surface area is 195 Å². The Kier molecular flexibility index (Phi) is 7.53. The van der Waals surface area contributed by atoms with Crippen molar-refractivity contribution in [3.8, 4) is 11.8 Å². The Morgan fingerprint density at radius 2 is 2.03 bits per heavy atom. The van der Waals surface area contributed by atoms with Crippen molar-refractivity contribution < 1.29 is 9.47 Å². The van der Waals surface area contributed by atoms with Crippen molar-refractivity contribution in [1.82, 2.24) is 4.98 Å². The van der Waals surface area contributed by atoms with Crippen LogP contribution >= 0.6 is 0 Å². The molecular weight excluding hydrogens is 416 g/mol. The molecule has 2 fully saturated rings. The molecule has 0 unspecified atom stereocenters. The number of rotatable bonds is 7. The second kappa shape index (κ2) is 10.9. The van der Waals surface area contributed by atoms with Gasteiger partial charge in [0.1, 0.15) is 17.3 Å². The van der Waals surface area contributed by atoms with Crippen molar-refractivity contribution in [3.05, 3.63) is 36.0 Å². The van der Waals surface area contributed by atoms with Gasteiger partial charge >= 0.3 is 0 Å². The van der Waals surface area contributed by atoms with Crippen LogP contribution in [0, 0.1) is 11.3 Å². The first-order valence-electron chi connectivity index (χ1n) is 11.5. The third-order valence-electron chi connectivity index (χ3n) is 6.05. The van der Waals surface area contributed by atoms with E-state index in [-0.39, 0.29) is 6.10 Å². The van der Waals surface area contributed by atoms with Gasteiger partial charge in [-0.2, -0.15) is 5.26 Å². The summed E-state index contributed by atoms with van der Waals surface area (Å²) in [6.07, 6.45) is 7.29. The van der Waals surface area contributed by atoms with Gasteiger partial charge in [0.25, 0.3) is 0 Å². The molecular formula is C25H30N6O2. The number of aliphatic imine (C=N–C) groups is 2. The summed E-state index contributed by atoms with van der Waals surface area (Å²) in [5, 5.41) is 12.5. The Morgan fingerprint density at radius 1 is 1.24 bits per heavy atom. The largest absolute Gasteiger partial charge is 0.488 e. The summed E-state index contributed by atoms with van der Waals surface area (Å²) in [7, 11) is 0. The lowest BCUT2D eigenvalue weighted by atomic mass is 9.93. The van der Waals surface area contributed by atoms with E-state index in [2.05, 4.69) is 44.0 Å². The van der Waals surface area contributed by atoms with Crippen LogP contribution in [0.15, 0.2) is 40.4 Å². The number of benzene rings is 1. The van der Waals surface area contributed by atoms with Crippen molar-refractivity contribution >= 4 is 35.8 Å². The van der Waals surface area contributed by atoms with E-state index in [0.29, 0.717) is 30.5 Å². The van der Waals surface area contributed by atoms with Crippen LogP contribution in [0.25, 0.3) is 0 Å². The molecule has 4 rings (SSSR count).